The Hall–Kier alpha value is -3.68. The van der Waals surface area contributed by atoms with Gasteiger partial charge in [-0.25, -0.2) is 4.98 Å². The maximum absolute atomic E-state index is 12.3. The van der Waals surface area contributed by atoms with Crippen molar-refractivity contribution in [3.63, 3.8) is 0 Å². The molecule has 0 aliphatic heterocycles. The van der Waals surface area contributed by atoms with Gasteiger partial charge in [0.2, 0.25) is 11.9 Å². The quantitative estimate of drug-likeness (QED) is 0.506. The number of benzene rings is 2. The van der Waals surface area contributed by atoms with Crippen LogP contribution in [-0.2, 0) is 24.7 Å². The molecule has 2 aromatic heterocycles. The number of nitrogens with zero attached hydrogens (tertiary/aromatic N) is 4. The van der Waals surface area contributed by atoms with Crippen LogP contribution < -0.4 is 10.1 Å². The van der Waals surface area contributed by atoms with Crippen molar-refractivity contribution in [3.8, 4) is 5.75 Å². The summed E-state index contributed by atoms with van der Waals surface area (Å²) < 4.78 is 7.13. The molecule has 148 valence electrons. The molecule has 0 aliphatic rings. The molecule has 0 saturated heterocycles. The summed E-state index contributed by atoms with van der Waals surface area (Å²) >= 11 is 0. The van der Waals surface area contributed by atoms with Gasteiger partial charge in [-0.2, -0.15) is 4.98 Å². The maximum Gasteiger partial charge on any atom is 0.248 e. The lowest BCUT2D eigenvalue weighted by atomic mass is 10.1. The molecule has 0 bridgehead atoms. The molecule has 0 fully saturated rings. The molecule has 2 aromatic carbocycles. The van der Waals surface area contributed by atoms with Gasteiger partial charge in [-0.3, -0.25) is 15.2 Å². The van der Waals surface area contributed by atoms with Crippen LogP contribution in [-0.4, -0.2) is 37.7 Å². The number of rotatable bonds is 7. The number of carbonyl (C=O) groups excluding carboxylic acids is 1. The zero-order valence-corrected chi connectivity index (χ0v) is 16.3. The summed E-state index contributed by atoms with van der Waals surface area (Å²) in [6.45, 7) is 0. The topological polar surface area (TPSA) is 97.7 Å². The molecular weight excluding hydrogens is 368 g/mol. The van der Waals surface area contributed by atoms with Crippen molar-refractivity contribution >= 4 is 22.9 Å². The first-order chi connectivity index (χ1) is 14.1. The fraction of sp³-hybridized carbons (Fsp3) is 0.238. The summed E-state index contributed by atoms with van der Waals surface area (Å²) in [7, 11) is 3.60. The SMILES string of the molecule is COc1ccc(Cc2nc(NC(=O)CCc3ccc4c(c3)ncn4C)n[nH]2)cc1. The van der Waals surface area contributed by atoms with E-state index in [1.165, 1.54) is 0 Å². The molecule has 2 heterocycles. The van der Waals surface area contributed by atoms with Crippen molar-refractivity contribution in [2.45, 2.75) is 19.3 Å². The van der Waals surface area contributed by atoms with Crippen LogP contribution in [0.25, 0.3) is 11.0 Å². The number of aromatic amines is 1. The maximum atomic E-state index is 12.3. The number of H-pyrrole nitrogens is 1. The van der Waals surface area contributed by atoms with Crippen LogP contribution in [0.5, 0.6) is 5.75 Å². The van der Waals surface area contributed by atoms with E-state index in [0.29, 0.717) is 31.0 Å². The van der Waals surface area contributed by atoms with Crippen LogP contribution in [0.1, 0.15) is 23.4 Å². The van der Waals surface area contributed by atoms with Crippen LogP contribution >= 0.6 is 0 Å². The van der Waals surface area contributed by atoms with Gasteiger partial charge in [0.1, 0.15) is 11.6 Å². The van der Waals surface area contributed by atoms with Crippen molar-refractivity contribution in [2.75, 3.05) is 12.4 Å². The van der Waals surface area contributed by atoms with E-state index in [1.54, 1.807) is 13.4 Å². The third kappa shape index (κ3) is 4.43. The number of anilines is 1. The van der Waals surface area contributed by atoms with Crippen molar-refractivity contribution in [1.82, 2.24) is 24.7 Å². The highest BCUT2D eigenvalue weighted by molar-refractivity contribution is 5.89. The molecule has 0 atom stereocenters. The lowest BCUT2D eigenvalue weighted by Gasteiger charge is -2.03. The third-order valence-corrected chi connectivity index (χ3v) is 4.74. The molecular formula is C21H22N6O2. The number of imidazole rings is 1. The number of amides is 1. The number of ether oxygens (including phenoxy) is 1. The highest BCUT2D eigenvalue weighted by Gasteiger charge is 2.09. The standard InChI is InChI=1S/C21H22N6O2/c1-27-13-22-17-11-14(5-9-18(17)27)6-10-20(28)24-21-23-19(25-26-21)12-15-3-7-16(29-2)8-4-15/h3-5,7-9,11,13H,6,10,12H2,1-2H3,(H2,23,24,25,26,28). The summed E-state index contributed by atoms with van der Waals surface area (Å²) in [6, 6.07) is 13.8. The van der Waals surface area contributed by atoms with Crippen molar-refractivity contribution < 1.29 is 9.53 Å². The predicted octanol–water partition coefficient (Wildman–Crippen LogP) is 2.86. The molecule has 8 heteroatoms. The molecule has 0 aliphatic carbocycles. The Kier molecular flexibility index (Phi) is 5.24. The van der Waals surface area contributed by atoms with Gasteiger partial charge in [0.25, 0.3) is 0 Å². The fourth-order valence-electron chi connectivity index (χ4n) is 3.15. The highest BCUT2D eigenvalue weighted by Crippen LogP contribution is 2.16. The summed E-state index contributed by atoms with van der Waals surface area (Å²) in [6.07, 6.45) is 3.35. The van der Waals surface area contributed by atoms with Gasteiger partial charge < -0.3 is 9.30 Å². The molecule has 8 nitrogen and oxygen atoms in total. The number of nitrogens with one attached hydrogen (secondary N) is 2. The van der Waals surface area contributed by atoms with E-state index in [2.05, 4.69) is 25.5 Å². The van der Waals surface area contributed by atoms with Gasteiger partial charge >= 0.3 is 0 Å². The van der Waals surface area contributed by atoms with E-state index in [0.717, 1.165) is 27.9 Å². The second kappa shape index (κ2) is 8.14. The van der Waals surface area contributed by atoms with Crippen molar-refractivity contribution in [2.24, 2.45) is 7.05 Å². The predicted molar refractivity (Wildman–Crippen MR) is 110 cm³/mol. The summed E-state index contributed by atoms with van der Waals surface area (Å²) in [5.74, 6) is 1.66. The summed E-state index contributed by atoms with van der Waals surface area (Å²) in [4.78, 5) is 20.9. The monoisotopic (exact) mass is 390 g/mol. The number of hydrogen-bond donors (Lipinski definition) is 2. The van der Waals surface area contributed by atoms with E-state index in [1.807, 2.05) is 54.1 Å². The zero-order chi connectivity index (χ0) is 20.2. The van der Waals surface area contributed by atoms with Gasteiger partial charge in [0.05, 0.1) is 24.5 Å². The van der Waals surface area contributed by atoms with Crippen molar-refractivity contribution in [1.29, 1.82) is 0 Å². The normalized spacial score (nSPS) is 11.0. The Labute approximate surface area is 167 Å². The summed E-state index contributed by atoms with van der Waals surface area (Å²) in [5, 5.41) is 9.69. The third-order valence-electron chi connectivity index (χ3n) is 4.74. The Bertz CT molecular complexity index is 1130. The van der Waals surface area contributed by atoms with Gasteiger partial charge in [0.15, 0.2) is 0 Å². The Morgan fingerprint density at radius 1 is 1.17 bits per heavy atom. The Balaban J connectivity index is 1.31. The second-order valence-corrected chi connectivity index (χ2v) is 6.86. The molecule has 1 amide bonds. The lowest BCUT2D eigenvalue weighted by Crippen LogP contribution is -2.13. The highest BCUT2D eigenvalue weighted by atomic mass is 16.5. The minimum atomic E-state index is -0.124. The van der Waals surface area contributed by atoms with E-state index in [4.69, 9.17) is 4.74 Å². The largest absolute Gasteiger partial charge is 0.497 e. The molecule has 0 saturated carbocycles. The number of aromatic nitrogens is 5. The smallest absolute Gasteiger partial charge is 0.248 e. The number of hydrogen-bond acceptors (Lipinski definition) is 5. The van der Waals surface area contributed by atoms with E-state index in [-0.39, 0.29) is 5.91 Å². The van der Waals surface area contributed by atoms with E-state index < -0.39 is 0 Å². The minimum absolute atomic E-state index is 0.124. The summed E-state index contributed by atoms with van der Waals surface area (Å²) in [5.41, 5.74) is 4.15. The van der Waals surface area contributed by atoms with Gasteiger partial charge in [-0.05, 0) is 41.8 Å². The first-order valence-electron chi connectivity index (χ1n) is 9.35. The van der Waals surface area contributed by atoms with Crippen LogP contribution in [0.2, 0.25) is 0 Å². The van der Waals surface area contributed by atoms with E-state index >= 15 is 0 Å². The van der Waals surface area contributed by atoms with Crippen LogP contribution in [0, 0.1) is 0 Å². The van der Waals surface area contributed by atoms with Crippen LogP contribution in [0.15, 0.2) is 48.8 Å². The molecule has 0 radical (unpaired) electrons. The number of carbonyl (C=O) groups is 1. The first kappa shape index (κ1) is 18.7. The fourth-order valence-corrected chi connectivity index (χ4v) is 3.15. The Morgan fingerprint density at radius 2 is 1.97 bits per heavy atom. The molecule has 0 unspecified atom stereocenters. The van der Waals surface area contributed by atoms with Crippen molar-refractivity contribution in [3.05, 3.63) is 65.7 Å². The second-order valence-electron chi connectivity index (χ2n) is 6.86. The molecule has 4 aromatic rings. The number of aryl methyl sites for hydroxylation is 2. The minimum Gasteiger partial charge on any atom is -0.497 e. The molecule has 0 spiro atoms. The molecule has 2 N–H and O–H groups in total. The Morgan fingerprint density at radius 3 is 2.76 bits per heavy atom. The lowest BCUT2D eigenvalue weighted by molar-refractivity contribution is -0.116. The first-order valence-corrected chi connectivity index (χ1v) is 9.35. The average molecular weight is 390 g/mol. The van der Waals surface area contributed by atoms with Crippen LogP contribution in [0.4, 0.5) is 5.95 Å². The van der Waals surface area contributed by atoms with Gasteiger partial charge in [0, 0.05) is 19.9 Å². The van der Waals surface area contributed by atoms with Gasteiger partial charge in [-0.1, -0.05) is 18.2 Å². The van der Waals surface area contributed by atoms with Crippen LogP contribution in [0.3, 0.4) is 0 Å². The van der Waals surface area contributed by atoms with Gasteiger partial charge in [-0.15, -0.1) is 5.10 Å². The zero-order valence-electron chi connectivity index (χ0n) is 16.3. The average Bonchev–Trinajstić information content (AvgIpc) is 3.33. The van der Waals surface area contributed by atoms with E-state index in [9.17, 15) is 4.79 Å². The number of fused-ring (bicyclic) bond motifs is 1. The molecule has 29 heavy (non-hydrogen) atoms. The number of methoxy groups -OCH3 is 1. The molecule has 4 rings (SSSR count).